The van der Waals surface area contributed by atoms with Crippen LogP contribution in [0.5, 0.6) is 0 Å². The maximum absolute atomic E-state index is 13.4. The van der Waals surface area contributed by atoms with Crippen LogP contribution < -0.4 is 0 Å². The zero-order valence-electron chi connectivity index (χ0n) is 19.6. The molecule has 30 heavy (non-hydrogen) atoms. The van der Waals surface area contributed by atoms with Crippen molar-refractivity contribution in [1.82, 2.24) is 0 Å². The van der Waals surface area contributed by atoms with Crippen LogP contribution in [0.25, 0.3) is 0 Å². The third kappa shape index (κ3) is 4.15. The molecule has 0 aliphatic heterocycles. The molecule has 3 aliphatic rings. The molecule has 2 bridgehead atoms. The molecule has 0 radical (unpaired) electrons. The number of fused-ring (bicyclic) bond motifs is 2. The van der Waals surface area contributed by atoms with Gasteiger partial charge in [0.25, 0.3) is 10.1 Å². The Labute approximate surface area is 184 Å². The normalized spacial score (nSPS) is 32.7. The van der Waals surface area contributed by atoms with E-state index in [0.717, 1.165) is 32.1 Å². The molecule has 174 valence electrons. The van der Waals surface area contributed by atoms with Crippen molar-refractivity contribution >= 4 is 32.0 Å². The maximum Gasteiger partial charge on any atom is 0.277 e. The first-order valence-electron chi connectivity index (χ1n) is 11.4. The van der Waals surface area contributed by atoms with Crippen molar-refractivity contribution in [2.75, 3.05) is 17.8 Å². The highest BCUT2D eigenvalue weighted by molar-refractivity contribution is 8.33. The molecule has 0 heterocycles. The van der Waals surface area contributed by atoms with Crippen molar-refractivity contribution in [3.05, 3.63) is 0 Å². The average molecular weight is 461 g/mol. The number of Topliss-reactive ketones (excluding diaryl/α,β-unsaturated/α-hetero) is 2. The number of hydrogen-bond donors (Lipinski definition) is 0. The smallest absolute Gasteiger partial charge is 0.277 e. The third-order valence-electron chi connectivity index (χ3n) is 8.59. The monoisotopic (exact) mass is 460 g/mol. The predicted octanol–water partition coefficient (Wildman–Crippen LogP) is 5.03. The maximum atomic E-state index is 13.4. The molecular weight excluding hydrogens is 420 g/mol. The van der Waals surface area contributed by atoms with Crippen molar-refractivity contribution in [3.8, 4) is 0 Å². The first kappa shape index (κ1) is 24.2. The van der Waals surface area contributed by atoms with E-state index in [9.17, 15) is 18.0 Å². The van der Waals surface area contributed by atoms with Crippen LogP contribution in [-0.4, -0.2) is 42.5 Å². The van der Waals surface area contributed by atoms with Crippen molar-refractivity contribution in [1.29, 1.82) is 0 Å². The summed E-state index contributed by atoms with van der Waals surface area (Å²) in [7, 11) is -6.19. The van der Waals surface area contributed by atoms with Gasteiger partial charge in [0, 0.05) is 17.1 Å². The summed E-state index contributed by atoms with van der Waals surface area (Å²) >= 11 is 0. The first-order valence-corrected chi connectivity index (χ1v) is 15.1. The van der Waals surface area contributed by atoms with E-state index in [1.165, 1.54) is 6.42 Å². The van der Waals surface area contributed by atoms with Gasteiger partial charge in [-0.3, -0.25) is 9.59 Å². The van der Waals surface area contributed by atoms with E-state index in [-0.39, 0.29) is 40.3 Å². The molecular formula is C23H40O5S2. The van der Waals surface area contributed by atoms with Gasteiger partial charge in [-0.2, -0.15) is 8.42 Å². The van der Waals surface area contributed by atoms with E-state index in [1.54, 1.807) is 0 Å². The molecule has 0 aromatic carbocycles. The van der Waals surface area contributed by atoms with E-state index >= 15 is 0 Å². The largest absolute Gasteiger partial charge is 0.299 e. The Morgan fingerprint density at radius 3 is 2.17 bits per heavy atom. The summed E-state index contributed by atoms with van der Waals surface area (Å²) in [5, 5.41) is 0. The van der Waals surface area contributed by atoms with Crippen molar-refractivity contribution < 1.29 is 21.6 Å². The Morgan fingerprint density at radius 2 is 1.70 bits per heavy atom. The Hall–Kier alpha value is -0.400. The van der Waals surface area contributed by atoms with Gasteiger partial charge in [-0.1, -0.05) is 53.9 Å². The molecule has 7 heteroatoms. The van der Waals surface area contributed by atoms with Crippen LogP contribution in [0.4, 0.5) is 0 Å². The summed E-state index contributed by atoms with van der Waals surface area (Å²) in [6.07, 6.45) is 8.94. The fourth-order valence-corrected chi connectivity index (χ4v) is 11.3. The lowest BCUT2D eigenvalue weighted by Gasteiger charge is -2.46. The van der Waals surface area contributed by atoms with Gasteiger partial charge in [0.1, 0.15) is 11.6 Å². The standard InChI is InChI=1S/C23H40O5S2/c1-21(2,3)29(6,15-19(24)17-10-8-7-9-11-17)28-30(26,27)16-23-13-12-18(14-20(23)25)22(23,4)5/h17-18H,7-16H2,1-6H3. The highest BCUT2D eigenvalue weighted by Crippen LogP contribution is 2.65. The summed E-state index contributed by atoms with van der Waals surface area (Å²) in [5.74, 6) is 0.431. The summed E-state index contributed by atoms with van der Waals surface area (Å²) < 4.78 is 32.2. The van der Waals surface area contributed by atoms with Crippen LogP contribution in [-0.2, 0) is 23.3 Å². The van der Waals surface area contributed by atoms with Gasteiger partial charge >= 0.3 is 0 Å². The zero-order valence-corrected chi connectivity index (χ0v) is 21.2. The van der Waals surface area contributed by atoms with E-state index in [2.05, 4.69) is 0 Å². The number of ketones is 2. The van der Waals surface area contributed by atoms with Crippen LogP contribution in [0.15, 0.2) is 0 Å². The van der Waals surface area contributed by atoms with Gasteiger partial charge in [-0.25, -0.2) is 3.63 Å². The van der Waals surface area contributed by atoms with Crippen LogP contribution in [0.3, 0.4) is 0 Å². The van der Waals surface area contributed by atoms with Crippen molar-refractivity contribution in [2.24, 2.45) is 22.7 Å². The molecule has 0 aromatic heterocycles. The summed E-state index contributed by atoms with van der Waals surface area (Å²) in [5.41, 5.74) is -1.17. The number of hydrogen-bond acceptors (Lipinski definition) is 5. The molecule has 0 amide bonds. The highest BCUT2D eigenvalue weighted by atomic mass is 32.3. The molecule has 3 fully saturated rings. The van der Waals surface area contributed by atoms with Crippen molar-refractivity contribution in [2.45, 2.75) is 90.7 Å². The minimum Gasteiger partial charge on any atom is -0.299 e. The van der Waals surface area contributed by atoms with Gasteiger partial charge in [-0.15, -0.1) is 10.3 Å². The molecule has 0 aromatic rings. The molecule has 0 N–H and O–H groups in total. The van der Waals surface area contributed by atoms with Crippen LogP contribution in [0.1, 0.15) is 86.0 Å². The number of carbonyl (C=O) groups is 2. The molecule has 3 unspecified atom stereocenters. The summed E-state index contributed by atoms with van der Waals surface area (Å²) in [6.45, 7) is 9.95. The van der Waals surface area contributed by atoms with Gasteiger partial charge in [0.2, 0.25) is 0 Å². The van der Waals surface area contributed by atoms with E-state index in [4.69, 9.17) is 3.63 Å². The van der Waals surface area contributed by atoms with Crippen LogP contribution >= 0.6 is 10.3 Å². The quantitative estimate of drug-likeness (QED) is 0.533. The van der Waals surface area contributed by atoms with Gasteiger partial charge in [-0.05, 0) is 43.3 Å². The van der Waals surface area contributed by atoms with Crippen LogP contribution in [0, 0.1) is 22.7 Å². The van der Waals surface area contributed by atoms with E-state index in [0.29, 0.717) is 12.8 Å². The third-order valence-corrected chi connectivity index (χ3v) is 14.9. The highest BCUT2D eigenvalue weighted by Gasteiger charge is 2.65. The summed E-state index contributed by atoms with van der Waals surface area (Å²) in [4.78, 5) is 25.9. The number of rotatable bonds is 7. The second-order valence-electron chi connectivity index (χ2n) is 11.5. The minimum absolute atomic E-state index is 0.0313. The second-order valence-corrected chi connectivity index (χ2v) is 17.0. The summed E-state index contributed by atoms with van der Waals surface area (Å²) in [6, 6.07) is 0. The lowest BCUT2D eigenvalue weighted by molar-refractivity contribution is -0.128. The fourth-order valence-electron chi connectivity index (χ4n) is 5.82. The van der Waals surface area contributed by atoms with E-state index < -0.39 is 30.6 Å². The fraction of sp³-hybridized carbons (Fsp3) is 0.913. The van der Waals surface area contributed by atoms with Gasteiger partial charge in [0.15, 0.2) is 0 Å². The van der Waals surface area contributed by atoms with Gasteiger partial charge < -0.3 is 0 Å². The second kappa shape index (κ2) is 7.87. The van der Waals surface area contributed by atoms with Gasteiger partial charge in [0.05, 0.1) is 16.9 Å². The minimum atomic E-state index is -3.97. The zero-order chi connectivity index (χ0) is 22.6. The van der Waals surface area contributed by atoms with Crippen molar-refractivity contribution in [3.63, 3.8) is 0 Å². The molecule has 5 nitrogen and oxygen atoms in total. The predicted molar refractivity (Wildman–Crippen MR) is 123 cm³/mol. The Kier molecular flexibility index (Phi) is 6.36. The topological polar surface area (TPSA) is 77.5 Å². The molecule has 3 atom stereocenters. The molecule has 3 aliphatic carbocycles. The lowest BCUT2D eigenvalue weighted by Crippen LogP contribution is -2.44. The lowest BCUT2D eigenvalue weighted by atomic mass is 9.70. The molecule has 0 spiro atoms. The first-order chi connectivity index (χ1) is 13.6. The SMILES string of the molecule is CC1(C)C2CCC1(CS(=O)(=O)OS(C)(CC(=O)C1CCCCC1)C(C)(C)C)C(=O)C2. The van der Waals surface area contributed by atoms with E-state index in [1.807, 2.05) is 40.9 Å². The molecule has 3 saturated carbocycles. The molecule has 3 rings (SSSR count). The molecule has 0 saturated heterocycles. The number of carbonyl (C=O) groups excluding carboxylic acids is 2. The Morgan fingerprint density at radius 1 is 1.10 bits per heavy atom. The van der Waals surface area contributed by atoms with Crippen LogP contribution in [0.2, 0.25) is 0 Å². The Bertz CT molecular complexity index is 804. The average Bonchev–Trinajstić information content (AvgIpc) is 2.94. The Balaban J connectivity index is 1.82.